The summed E-state index contributed by atoms with van der Waals surface area (Å²) >= 11 is 0. The molecule has 84 valence electrons. The van der Waals surface area contributed by atoms with Crippen molar-refractivity contribution in [1.29, 1.82) is 0 Å². The number of furan rings is 1. The molecule has 0 saturated heterocycles. The summed E-state index contributed by atoms with van der Waals surface area (Å²) in [5.74, 6) is 0.959. The molecule has 15 heavy (non-hydrogen) atoms. The molecule has 0 aliphatic rings. The fourth-order valence-electron chi connectivity index (χ4n) is 1.23. The molecule has 0 saturated carbocycles. The minimum atomic E-state index is -0.0538. The first kappa shape index (κ1) is 11.6. The highest BCUT2D eigenvalue weighted by atomic mass is 16.3. The van der Waals surface area contributed by atoms with E-state index in [1.165, 1.54) is 4.90 Å². The summed E-state index contributed by atoms with van der Waals surface area (Å²) in [5, 5.41) is 2.89. The zero-order valence-electron chi connectivity index (χ0n) is 9.49. The van der Waals surface area contributed by atoms with E-state index in [0.29, 0.717) is 0 Å². The maximum atomic E-state index is 11.3. The summed E-state index contributed by atoms with van der Waals surface area (Å²) in [4.78, 5) is 12.8. The molecule has 0 aliphatic carbocycles. The lowest BCUT2D eigenvalue weighted by atomic mass is 10.1. The molecule has 1 rings (SSSR count). The van der Waals surface area contributed by atoms with Crippen LogP contribution in [0.15, 0.2) is 22.8 Å². The van der Waals surface area contributed by atoms with Crippen LogP contribution < -0.4 is 5.32 Å². The quantitative estimate of drug-likeness (QED) is 0.824. The van der Waals surface area contributed by atoms with Gasteiger partial charge in [-0.2, -0.15) is 0 Å². The van der Waals surface area contributed by atoms with Gasteiger partial charge in [-0.3, -0.25) is 0 Å². The van der Waals surface area contributed by atoms with Crippen molar-refractivity contribution < 1.29 is 9.21 Å². The van der Waals surface area contributed by atoms with Crippen LogP contribution in [0.1, 0.15) is 19.1 Å². The molecule has 0 bridgehead atoms. The number of amides is 2. The van der Waals surface area contributed by atoms with Gasteiger partial charge in [-0.15, -0.1) is 0 Å². The second kappa shape index (κ2) is 5.44. The molecule has 1 unspecified atom stereocenters. The first-order valence-electron chi connectivity index (χ1n) is 5.10. The maximum Gasteiger partial charge on any atom is 0.317 e. The summed E-state index contributed by atoms with van der Waals surface area (Å²) < 4.78 is 5.21. The molecule has 0 radical (unpaired) electrons. The van der Waals surface area contributed by atoms with E-state index in [1.807, 2.05) is 19.1 Å². The van der Waals surface area contributed by atoms with Crippen molar-refractivity contribution in [2.24, 2.45) is 0 Å². The average molecular weight is 210 g/mol. The van der Waals surface area contributed by atoms with E-state index in [9.17, 15) is 4.79 Å². The summed E-state index contributed by atoms with van der Waals surface area (Å²) in [5.41, 5.74) is 0. The Bertz CT molecular complexity index is 294. The topological polar surface area (TPSA) is 45.5 Å². The van der Waals surface area contributed by atoms with Gasteiger partial charge in [0.25, 0.3) is 0 Å². The fraction of sp³-hybridized carbons (Fsp3) is 0.545. The van der Waals surface area contributed by atoms with E-state index in [2.05, 4.69) is 5.32 Å². The highest BCUT2D eigenvalue weighted by molar-refractivity contribution is 5.73. The van der Waals surface area contributed by atoms with Crippen LogP contribution in [0.25, 0.3) is 0 Å². The third kappa shape index (κ3) is 4.06. The number of carbonyl (C=O) groups is 1. The fourth-order valence-corrected chi connectivity index (χ4v) is 1.23. The maximum absolute atomic E-state index is 11.3. The van der Waals surface area contributed by atoms with Gasteiger partial charge < -0.3 is 14.6 Å². The molecular formula is C11H18N2O2. The molecular weight excluding hydrogens is 192 g/mol. The van der Waals surface area contributed by atoms with Gasteiger partial charge in [0.15, 0.2) is 0 Å². The second-order valence-electron chi connectivity index (χ2n) is 3.86. The second-order valence-corrected chi connectivity index (χ2v) is 3.86. The molecule has 1 aromatic heterocycles. The van der Waals surface area contributed by atoms with Crippen molar-refractivity contribution in [3.05, 3.63) is 24.2 Å². The van der Waals surface area contributed by atoms with Crippen molar-refractivity contribution in [2.45, 2.75) is 25.8 Å². The third-order valence-corrected chi connectivity index (χ3v) is 2.18. The standard InChI is InChI=1S/C11H18N2O2/c1-9(12-11(14)13(2)3)6-7-10-5-4-8-15-10/h4-5,8-9H,6-7H2,1-3H3,(H,12,14). The molecule has 0 spiro atoms. The SMILES string of the molecule is CC(CCc1ccco1)NC(=O)N(C)C. The molecule has 1 N–H and O–H groups in total. The molecule has 0 fully saturated rings. The van der Waals surface area contributed by atoms with Crippen LogP contribution in [-0.2, 0) is 6.42 Å². The Hall–Kier alpha value is -1.45. The summed E-state index contributed by atoms with van der Waals surface area (Å²) in [6, 6.07) is 3.92. The number of hydrogen-bond donors (Lipinski definition) is 1. The molecule has 0 aromatic carbocycles. The van der Waals surface area contributed by atoms with Crippen LogP contribution >= 0.6 is 0 Å². The van der Waals surface area contributed by atoms with Crippen LogP contribution in [-0.4, -0.2) is 31.1 Å². The zero-order valence-corrected chi connectivity index (χ0v) is 9.49. The smallest absolute Gasteiger partial charge is 0.317 e. The highest BCUT2D eigenvalue weighted by Crippen LogP contribution is 2.05. The number of urea groups is 1. The molecule has 1 aromatic rings. The van der Waals surface area contributed by atoms with E-state index >= 15 is 0 Å². The summed E-state index contributed by atoms with van der Waals surface area (Å²) in [6.45, 7) is 1.99. The number of hydrogen-bond acceptors (Lipinski definition) is 2. The van der Waals surface area contributed by atoms with E-state index in [4.69, 9.17) is 4.42 Å². The first-order chi connectivity index (χ1) is 7.09. The van der Waals surface area contributed by atoms with Crippen molar-refractivity contribution >= 4 is 6.03 Å². The Morgan fingerprint density at radius 3 is 2.87 bits per heavy atom. The minimum Gasteiger partial charge on any atom is -0.469 e. The largest absolute Gasteiger partial charge is 0.469 e. The number of carbonyl (C=O) groups excluding carboxylic acids is 1. The van der Waals surface area contributed by atoms with Crippen LogP contribution in [0.2, 0.25) is 0 Å². The van der Waals surface area contributed by atoms with Gasteiger partial charge in [-0.25, -0.2) is 4.79 Å². The predicted molar refractivity (Wildman–Crippen MR) is 58.7 cm³/mol. The number of nitrogens with zero attached hydrogens (tertiary/aromatic N) is 1. The Morgan fingerprint density at radius 2 is 2.33 bits per heavy atom. The van der Waals surface area contributed by atoms with Gasteiger partial charge in [0.1, 0.15) is 5.76 Å². The van der Waals surface area contributed by atoms with Gasteiger partial charge in [-0.05, 0) is 25.5 Å². The van der Waals surface area contributed by atoms with Crippen LogP contribution in [0.5, 0.6) is 0 Å². The van der Waals surface area contributed by atoms with E-state index in [0.717, 1.165) is 18.6 Å². The highest BCUT2D eigenvalue weighted by Gasteiger charge is 2.09. The Kier molecular flexibility index (Phi) is 4.21. The van der Waals surface area contributed by atoms with Gasteiger partial charge in [-0.1, -0.05) is 0 Å². The van der Waals surface area contributed by atoms with Gasteiger partial charge in [0, 0.05) is 26.6 Å². The van der Waals surface area contributed by atoms with Crippen LogP contribution in [0.3, 0.4) is 0 Å². The lowest BCUT2D eigenvalue weighted by Crippen LogP contribution is -2.40. The molecule has 2 amide bonds. The lowest BCUT2D eigenvalue weighted by molar-refractivity contribution is 0.213. The lowest BCUT2D eigenvalue weighted by Gasteiger charge is -2.17. The normalized spacial score (nSPS) is 12.2. The first-order valence-corrected chi connectivity index (χ1v) is 5.10. The molecule has 1 heterocycles. The Labute approximate surface area is 90.3 Å². The zero-order chi connectivity index (χ0) is 11.3. The van der Waals surface area contributed by atoms with Crippen LogP contribution in [0.4, 0.5) is 4.79 Å². The van der Waals surface area contributed by atoms with E-state index in [1.54, 1.807) is 20.4 Å². The minimum absolute atomic E-state index is 0.0538. The van der Waals surface area contributed by atoms with Crippen molar-refractivity contribution in [2.75, 3.05) is 14.1 Å². The summed E-state index contributed by atoms with van der Waals surface area (Å²) in [7, 11) is 3.46. The number of nitrogens with one attached hydrogen (secondary N) is 1. The Morgan fingerprint density at radius 1 is 1.60 bits per heavy atom. The van der Waals surface area contributed by atoms with Crippen molar-refractivity contribution in [1.82, 2.24) is 10.2 Å². The van der Waals surface area contributed by atoms with Gasteiger partial charge in [0.05, 0.1) is 6.26 Å². The Balaban J connectivity index is 2.24. The van der Waals surface area contributed by atoms with Gasteiger partial charge in [0.2, 0.25) is 0 Å². The number of aryl methyl sites for hydroxylation is 1. The van der Waals surface area contributed by atoms with Crippen molar-refractivity contribution in [3.8, 4) is 0 Å². The molecule has 0 aliphatic heterocycles. The van der Waals surface area contributed by atoms with Crippen LogP contribution in [0, 0.1) is 0 Å². The molecule has 1 atom stereocenters. The monoisotopic (exact) mass is 210 g/mol. The number of rotatable bonds is 4. The van der Waals surface area contributed by atoms with Gasteiger partial charge >= 0.3 is 6.03 Å². The van der Waals surface area contributed by atoms with E-state index in [-0.39, 0.29) is 12.1 Å². The van der Waals surface area contributed by atoms with Crippen molar-refractivity contribution in [3.63, 3.8) is 0 Å². The third-order valence-electron chi connectivity index (χ3n) is 2.18. The van der Waals surface area contributed by atoms with E-state index < -0.39 is 0 Å². The summed E-state index contributed by atoms with van der Waals surface area (Å²) in [6.07, 6.45) is 3.40. The average Bonchev–Trinajstić information content (AvgIpc) is 2.66. The predicted octanol–water partition coefficient (Wildman–Crippen LogP) is 1.87. The molecule has 4 nitrogen and oxygen atoms in total. The molecule has 4 heteroatoms.